The Morgan fingerprint density at radius 1 is 1.13 bits per heavy atom. The van der Waals surface area contributed by atoms with Gasteiger partial charge in [-0.2, -0.15) is 0 Å². The number of aromatic nitrogens is 3. The monoisotopic (exact) mass is 314 g/mol. The van der Waals surface area contributed by atoms with Gasteiger partial charge in [-0.05, 0) is 24.3 Å². The normalized spacial score (nSPS) is 10.5. The largest absolute Gasteiger partial charge is 0.323 e. The standard InChI is InChI=1S/C16H12F2N4O/c17-11-6-7-15(14(18)8-11)20-16(23)9-13-10-19-21-22(13)12-4-2-1-3-5-12/h1-8,10H,9H2,(H,20,23). The molecule has 3 aromatic rings. The highest BCUT2D eigenvalue weighted by molar-refractivity contribution is 5.92. The second-order valence-corrected chi connectivity index (χ2v) is 4.82. The van der Waals surface area contributed by atoms with Crippen molar-refractivity contribution in [3.05, 3.63) is 72.1 Å². The SMILES string of the molecule is O=C(Cc1cnnn1-c1ccccc1)Nc1ccc(F)cc1F. The molecule has 23 heavy (non-hydrogen) atoms. The predicted octanol–water partition coefficient (Wildman–Crippen LogP) is 2.73. The van der Waals surface area contributed by atoms with E-state index in [1.807, 2.05) is 30.3 Å². The van der Waals surface area contributed by atoms with Crippen molar-refractivity contribution in [3.63, 3.8) is 0 Å². The molecule has 0 aliphatic rings. The van der Waals surface area contributed by atoms with Gasteiger partial charge in [-0.15, -0.1) is 5.10 Å². The van der Waals surface area contributed by atoms with Gasteiger partial charge in [0.1, 0.15) is 11.6 Å². The summed E-state index contributed by atoms with van der Waals surface area (Å²) in [4.78, 5) is 12.1. The summed E-state index contributed by atoms with van der Waals surface area (Å²) < 4.78 is 27.9. The van der Waals surface area contributed by atoms with E-state index in [9.17, 15) is 13.6 Å². The molecule has 1 amide bonds. The molecule has 0 aliphatic heterocycles. The van der Waals surface area contributed by atoms with Crippen molar-refractivity contribution in [1.29, 1.82) is 0 Å². The average Bonchev–Trinajstić information content (AvgIpc) is 2.99. The summed E-state index contributed by atoms with van der Waals surface area (Å²) in [6.07, 6.45) is 1.42. The number of hydrogen-bond acceptors (Lipinski definition) is 3. The summed E-state index contributed by atoms with van der Waals surface area (Å²) in [5.74, 6) is -1.98. The van der Waals surface area contributed by atoms with Crippen LogP contribution in [0, 0.1) is 11.6 Å². The minimum Gasteiger partial charge on any atom is -0.323 e. The second kappa shape index (κ2) is 6.35. The fourth-order valence-electron chi connectivity index (χ4n) is 2.11. The minimum atomic E-state index is -0.826. The number of hydrogen-bond donors (Lipinski definition) is 1. The molecule has 0 saturated heterocycles. The molecule has 3 rings (SSSR count). The third kappa shape index (κ3) is 3.39. The first kappa shape index (κ1) is 14.8. The van der Waals surface area contributed by atoms with Gasteiger partial charge in [0, 0.05) is 6.07 Å². The Morgan fingerprint density at radius 2 is 1.91 bits per heavy atom. The van der Waals surface area contributed by atoms with Gasteiger partial charge < -0.3 is 5.32 Å². The van der Waals surface area contributed by atoms with Gasteiger partial charge in [0.15, 0.2) is 0 Å². The number of nitrogens with zero attached hydrogens (tertiary/aromatic N) is 3. The average molecular weight is 314 g/mol. The number of carbonyl (C=O) groups excluding carboxylic acids is 1. The van der Waals surface area contributed by atoms with Crippen LogP contribution < -0.4 is 5.32 Å². The van der Waals surface area contributed by atoms with Gasteiger partial charge in [-0.3, -0.25) is 4.79 Å². The van der Waals surface area contributed by atoms with E-state index in [1.54, 1.807) is 0 Å². The second-order valence-electron chi connectivity index (χ2n) is 4.82. The number of nitrogens with one attached hydrogen (secondary N) is 1. The molecule has 0 radical (unpaired) electrons. The molecular weight excluding hydrogens is 302 g/mol. The molecule has 1 N–H and O–H groups in total. The predicted molar refractivity (Wildman–Crippen MR) is 80.1 cm³/mol. The zero-order valence-electron chi connectivity index (χ0n) is 11.9. The molecule has 0 bridgehead atoms. The first-order chi connectivity index (χ1) is 11.1. The summed E-state index contributed by atoms with van der Waals surface area (Å²) in [6.45, 7) is 0. The molecular formula is C16H12F2N4O. The Kier molecular flexibility index (Phi) is 4.09. The number of halogens is 2. The summed E-state index contributed by atoms with van der Waals surface area (Å²) in [6, 6.07) is 12.2. The lowest BCUT2D eigenvalue weighted by atomic mass is 10.2. The third-order valence-corrected chi connectivity index (χ3v) is 3.17. The van der Waals surface area contributed by atoms with E-state index in [0.29, 0.717) is 11.8 Å². The van der Waals surface area contributed by atoms with Crippen molar-refractivity contribution in [2.24, 2.45) is 0 Å². The van der Waals surface area contributed by atoms with E-state index in [2.05, 4.69) is 15.6 Å². The molecule has 116 valence electrons. The Balaban J connectivity index is 1.75. The fourth-order valence-corrected chi connectivity index (χ4v) is 2.11. The molecule has 0 fully saturated rings. The number of anilines is 1. The van der Waals surface area contributed by atoms with E-state index >= 15 is 0 Å². The molecule has 1 heterocycles. The summed E-state index contributed by atoms with van der Waals surface area (Å²) in [5, 5.41) is 10.1. The quantitative estimate of drug-likeness (QED) is 0.805. The molecule has 5 nitrogen and oxygen atoms in total. The van der Waals surface area contributed by atoms with E-state index < -0.39 is 17.5 Å². The molecule has 0 unspecified atom stereocenters. The maximum atomic E-state index is 13.5. The third-order valence-electron chi connectivity index (χ3n) is 3.17. The first-order valence-corrected chi connectivity index (χ1v) is 6.83. The van der Waals surface area contributed by atoms with Gasteiger partial charge in [-0.1, -0.05) is 23.4 Å². The molecule has 0 spiro atoms. The number of amides is 1. The van der Waals surface area contributed by atoms with Crippen LogP contribution in [0.1, 0.15) is 5.69 Å². The van der Waals surface area contributed by atoms with Gasteiger partial charge in [-0.25, -0.2) is 13.5 Å². The number of carbonyl (C=O) groups is 1. The highest BCUT2D eigenvalue weighted by Crippen LogP contribution is 2.16. The van der Waals surface area contributed by atoms with Crippen molar-refractivity contribution in [2.75, 3.05) is 5.32 Å². The van der Waals surface area contributed by atoms with Crippen LogP contribution in [-0.2, 0) is 11.2 Å². The summed E-state index contributed by atoms with van der Waals surface area (Å²) >= 11 is 0. The van der Waals surface area contributed by atoms with E-state index in [0.717, 1.165) is 11.8 Å². The lowest BCUT2D eigenvalue weighted by Crippen LogP contribution is -2.17. The number of rotatable bonds is 4. The molecule has 7 heteroatoms. The Bertz CT molecular complexity index is 833. The Hall–Kier alpha value is -3.09. The van der Waals surface area contributed by atoms with E-state index in [1.165, 1.54) is 16.9 Å². The van der Waals surface area contributed by atoms with Crippen LogP contribution in [0.15, 0.2) is 54.7 Å². The van der Waals surface area contributed by atoms with Crippen LogP contribution in [0.5, 0.6) is 0 Å². The molecule has 0 atom stereocenters. The number of benzene rings is 2. The van der Waals surface area contributed by atoms with Crippen molar-refractivity contribution >= 4 is 11.6 Å². The van der Waals surface area contributed by atoms with Gasteiger partial charge >= 0.3 is 0 Å². The summed E-state index contributed by atoms with van der Waals surface area (Å²) in [7, 11) is 0. The molecule has 0 saturated carbocycles. The highest BCUT2D eigenvalue weighted by Gasteiger charge is 2.13. The molecule has 2 aromatic carbocycles. The lowest BCUT2D eigenvalue weighted by molar-refractivity contribution is -0.115. The lowest BCUT2D eigenvalue weighted by Gasteiger charge is -2.08. The van der Waals surface area contributed by atoms with Gasteiger partial charge in [0.2, 0.25) is 5.91 Å². The fraction of sp³-hybridized carbons (Fsp3) is 0.0625. The van der Waals surface area contributed by atoms with Crippen LogP contribution in [-0.4, -0.2) is 20.9 Å². The zero-order valence-corrected chi connectivity index (χ0v) is 11.9. The van der Waals surface area contributed by atoms with Gasteiger partial charge in [0.05, 0.1) is 29.7 Å². The minimum absolute atomic E-state index is 0.0429. The highest BCUT2D eigenvalue weighted by atomic mass is 19.1. The zero-order chi connectivity index (χ0) is 16.2. The van der Waals surface area contributed by atoms with Crippen molar-refractivity contribution in [3.8, 4) is 5.69 Å². The Labute approximate surface area is 130 Å². The van der Waals surface area contributed by atoms with Gasteiger partial charge in [0.25, 0.3) is 0 Å². The van der Waals surface area contributed by atoms with Crippen LogP contribution in [0.25, 0.3) is 5.69 Å². The Morgan fingerprint density at radius 3 is 2.65 bits per heavy atom. The van der Waals surface area contributed by atoms with E-state index in [4.69, 9.17) is 0 Å². The van der Waals surface area contributed by atoms with Crippen molar-refractivity contribution in [2.45, 2.75) is 6.42 Å². The van der Waals surface area contributed by atoms with E-state index in [-0.39, 0.29) is 12.1 Å². The van der Waals surface area contributed by atoms with Crippen LogP contribution in [0.3, 0.4) is 0 Å². The molecule has 1 aromatic heterocycles. The molecule has 0 aliphatic carbocycles. The van der Waals surface area contributed by atoms with Crippen molar-refractivity contribution < 1.29 is 13.6 Å². The number of para-hydroxylation sites is 1. The maximum Gasteiger partial charge on any atom is 0.230 e. The van der Waals surface area contributed by atoms with Crippen LogP contribution >= 0.6 is 0 Å². The first-order valence-electron chi connectivity index (χ1n) is 6.83. The smallest absolute Gasteiger partial charge is 0.230 e. The topological polar surface area (TPSA) is 59.8 Å². The van der Waals surface area contributed by atoms with Crippen LogP contribution in [0.2, 0.25) is 0 Å². The summed E-state index contributed by atoms with van der Waals surface area (Å²) in [5.41, 5.74) is 1.24. The maximum absolute atomic E-state index is 13.5. The van der Waals surface area contributed by atoms with Crippen molar-refractivity contribution in [1.82, 2.24) is 15.0 Å². The van der Waals surface area contributed by atoms with Crippen LogP contribution in [0.4, 0.5) is 14.5 Å².